The zero-order valence-corrected chi connectivity index (χ0v) is 10.1. The minimum absolute atomic E-state index is 0.227. The maximum Gasteiger partial charge on any atom is 0.127 e. The number of hydrogen-bond donors (Lipinski definition) is 1. The summed E-state index contributed by atoms with van der Waals surface area (Å²) in [5.74, 6) is -0.236. The largest absolute Gasteiger partial charge is 0.326 e. The van der Waals surface area contributed by atoms with Gasteiger partial charge in [-0.25, -0.2) is 4.39 Å². The molecule has 2 aromatic carbocycles. The van der Waals surface area contributed by atoms with E-state index < -0.39 is 0 Å². The molecule has 2 rings (SSSR count). The highest BCUT2D eigenvalue weighted by Crippen LogP contribution is 2.24. The first-order chi connectivity index (χ1) is 8.11. The minimum atomic E-state index is -0.236. The maximum atomic E-state index is 13.3. The lowest BCUT2D eigenvalue weighted by Gasteiger charge is -2.08. The quantitative estimate of drug-likeness (QED) is 0.837. The first-order valence-corrected chi connectivity index (χ1v) is 5.68. The molecule has 0 unspecified atom stereocenters. The Hall–Kier alpha value is -1.67. The van der Waals surface area contributed by atoms with Gasteiger partial charge in [-0.05, 0) is 48.2 Å². The topological polar surface area (TPSA) is 26.0 Å². The van der Waals surface area contributed by atoms with Gasteiger partial charge in [0, 0.05) is 12.1 Å². The zero-order chi connectivity index (χ0) is 12.4. The second-order valence-electron chi connectivity index (χ2n) is 4.31. The summed E-state index contributed by atoms with van der Waals surface area (Å²) in [6.07, 6.45) is 0. The van der Waals surface area contributed by atoms with E-state index in [1.165, 1.54) is 17.2 Å². The number of rotatable bonds is 2. The van der Waals surface area contributed by atoms with Crippen molar-refractivity contribution in [1.82, 2.24) is 0 Å². The zero-order valence-electron chi connectivity index (χ0n) is 10.1. The number of nitrogens with two attached hydrogens (primary N) is 1. The average molecular weight is 229 g/mol. The van der Waals surface area contributed by atoms with Gasteiger partial charge in [-0.1, -0.05) is 24.3 Å². The Balaban J connectivity index is 2.49. The van der Waals surface area contributed by atoms with Crippen molar-refractivity contribution < 1.29 is 4.39 Å². The lowest BCUT2D eigenvalue weighted by Crippen LogP contribution is -1.99. The molecular formula is C15H16FN. The van der Waals surface area contributed by atoms with E-state index in [1.807, 2.05) is 6.07 Å². The normalized spacial score (nSPS) is 10.6. The molecule has 0 amide bonds. The van der Waals surface area contributed by atoms with E-state index in [1.54, 1.807) is 6.07 Å². The number of halogens is 1. The molecule has 0 spiro atoms. The highest BCUT2D eigenvalue weighted by atomic mass is 19.1. The summed E-state index contributed by atoms with van der Waals surface area (Å²) in [4.78, 5) is 0. The van der Waals surface area contributed by atoms with Crippen LogP contribution in [0.1, 0.15) is 16.7 Å². The second kappa shape index (κ2) is 4.68. The smallest absolute Gasteiger partial charge is 0.127 e. The van der Waals surface area contributed by atoms with Crippen LogP contribution >= 0.6 is 0 Å². The van der Waals surface area contributed by atoms with Gasteiger partial charge in [0.1, 0.15) is 5.82 Å². The van der Waals surface area contributed by atoms with Crippen LogP contribution in [0.4, 0.5) is 4.39 Å². The number of benzene rings is 2. The summed E-state index contributed by atoms with van der Waals surface area (Å²) in [6, 6.07) is 11.3. The predicted octanol–water partition coefficient (Wildman–Crippen LogP) is 3.57. The predicted molar refractivity (Wildman–Crippen MR) is 69.2 cm³/mol. The molecule has 0 aromatic heterocycles. The first kappa shape index (κ1) is 11.8. The third kappa shape index (κ3) is 2.37. The number of hydrogen-bond acceptors (Lipinski definition) is 1. The fraction of sp³-hybridized carbons (Fsp3) is 0.200. The Morgan fingerprint density at radius 2 is 1.59 bits per heavy atom. The van der Waals surface area contributed by atoms with Crippen LogP contribution in [-0.4, -0.2) is 0 Å². The second-order valence-corrected chi connectivity index (χ2v) is 4.31. The van der Waals surface area contributed by atoms with Crippen LogP contribution in [0.15, 0.2) is 36.4 Å². The molecule has 2 aromatic rings. The van der Waals surface area contributed by atoms with Gasteiger partial charge >= 0.3 is 0 Å². The number of aryl methyl sites for hydroxylation is 2. The summed E-state index contributed by atoms with van der Waals surface area (Å²) in [6.45, 7) is 4.38. The Morgan fingerprint density at radius 1 is 0.941 bits per heavy atom. The molecule has 0 radical (unpaired) electrons. The van der Waals surface area contributed by atoms with Crippen molar-refractivity contribution in [3.05, 3.63) is 58.9 Å². The van der Waals surface area contributed by atoms with E-state index in [9.17, 15) is 4.39 Å². The van der Waals surface area contributed by atoms with Crippen LogP contribution in [0.25, 0.3) is 11.1 Å². The molecule has 0 aliphatic carbocycles. The SMILES string of the molecule is Cc1ccc(-c2ccc(F)c(CN)c2)cc1C. The van der Waals surface area contributed by atoms with Crippen molar-refractivity contribution in [2.24, 2.45) is 5.73 Å². The van der Waals surface area contributed by atoms with Crippen LogP contribution in [0, 0.1) is 19.7 Å². The molecule has 0 heterocycles. The van der Waals surface area contributed by atoms with E-state index >= 15 is 0 Å². The highest BCUT2D eigenvalue weighted by molar-refractivity contribution is 5.65. The molecule has 2 N–H and O–H groups in total. The van der Waals surface area contributed by atoms with Crippen LogP contribution < -0.4 is 5.73 Å². The molecule has 0 saturated carbocycles. The van der Waals surface area contributed by atoms with Crippen molar-refractivity contribution in [2.75, 3.05) is 0 Å². The molecule has 0 saturated heterocycles. The van der Waals surface area contributed by atoms with Gasteiger partial charge in [0.05, 0.1) is 0 Å². The molecule has 1 nitrogen and oxygen atoms in total. The molecule has 0 aliphatic heterocycles. The molecule has 17 heavy (non-hydrogen) atoms. The monoisotopic (exact) mass is 229 g/mol. The van der Waals surface area contributed by atoms with Gasteiger partial charge in [0.2, 0.25) is 0 Å². The summed E-state index contributed by atoms with van der Waals surface area (Å²) >= 11 is 0. The standard InChI is InChI=1S/C15H16FN/c1-10-3-4-12(7-11(10)2)13-5-6-15(16)14(8-13)9-17/h3-8H,9,17H2,1-2H3. The van der Waals surface area contributed by atoms with Crippen molar-refractivity contribution in [2.45, 2.75) is 20.4 Å². The molecule has 0 atom stereocenters. The van der Waals surface area contributed by atoms with E-state index in [2.05, 4.69) is 32.0 Å². The van der Waals surface area contributed by atoms with E-state index in [4.69, 9.17) is 5.73 Å². The van der Waals surface area contributed by atoms with Gasteiger partial charge in [-0.2, -0.15) is 0 Å². The van der Waals surface area contributed by atoms with Gasteiger partial charge in [-0.3, -0.25) is 0 Å². The van der Waals surface area contributed by atoms with Crippen LogP contribution in [0.2, 0.25) is 0 Å². The lowest BCUT2D eigenvalue weighted by atomic mass is 9.99. The first-order valence-electron chi connectivity index (χ1n) is 5.68. The van der Waals surface area contributed by atoms with Crippen molar-refractivity contribution in [3.63, 3.8) is 0 Å². The Bertz CT molecular complexity index is 547. The Labute approximate surface area is 101 Å². The van der Waals surface area contributed by atoms with Gasteiger partial charge in [-0.15, -0.1) is 0 Å². The van der Waals surface area contributed by atoms with Crippen LogP contribution in [-0.2, 0) is 6.54 Å². The Kier molecular flexibility index (Phi) is 3.25. The lowest BCUT2D eigenvalue weighted by molar-refractivity contribution is 0.611. The third-order valence-corrected chi connectivity index (χ3v) is 3.11. The summed E-state index contributed by atoms with van der Waals surface area (Å²) in [5.41, 5.74) is 10.7. The van der Waals surface area contributed by atoms with E-state index in [-0.39, 0.29) is 12.4 Å². The molecule has 0 aliphatic rings. The van der Waals surface area contributed by atoms with E-state index in [0.717, 1.165) is 11.1 Å². The molecule has 88 valence electrons. The Morgan fingerprint density at radius 3 is 2.24 bits per heavy atom. The average Bonchev–Trinajstić information content (AvgIpc) is 2.33. The van der Waals surface area contributed by atoms with Gasteiger partial charge < -0.3 is 5.73 Å². The highest BCUT2D eigenvalue weighted by Gasteiger charge is 2.04. The molecular weight excluding hydrogens is 213 g/mol. The molecule has 0 fully saturated rings. The fourth-order valence-corrected chi connectivity index (χ4v) is 1.83. The fourth-order valence-electron chi connectivity index (χ4n) is 1.83. The van der Waals surface area contributed by atoms with Crippen molar-refractivity contribution in [1.29, 1.82) is 0 Å². The summed E-state index contributed by atoms with van der Waals surface area (Å²) in [7, 11) is 0. The van der Waals surface area contributed by atoms with Gasteiger partial charge in [0.25, 0.3) is 0 Å². The van der Waals surface area contributed by atoms with Crippen molar-refractivity contribution >= 4 is 0 Å². The minimum Gasteiger partial charge on any atom is -0.326 e. The molecule has 0 bridgehead atoms. The summed E-state index contributed by atoms with van der Waals surface area (Å²) in [5, 5.41) is 0. The van der Waals surface area contributed by atoms with Gasteiger partial charge in [0.15, 0.2) is 0 Å². The third-order valence-electron chi connectivity index (χ3n) is 3.11. The van der Waals surface area contributed by atoms with Crippen molar-refractivity contribution in [3.8, 4) is 11.1 Å². The summed E-state index contributed by atoms with van der Waals surface area (Å²) < 4.78 is 13.3. The molecule has 2 heteroatoms. The van der Waals surface area contributed by atoms with Crippen LogP contribution in [0.3, 0.4) is 0 Å². The van der Waals surface area contributed by atoms with Crippen LogP contribution in [0.5, 0.6) is 0 Å². The maximum absolute atomic E-state index is 13.3. The van der Waals surface area contributed by atoms with E-state index in [0.29, 0.717) is 5.56 Å².